The average molecular weight is 260 g/mol. The van der Waals surface area contributed by atoms with Crippen molar-refractivity contribution >= 4 is 32.7 Å². The van der Waals surface area contributed by atoms with Crippen molar-refractivity contribution in [1.82, 2.24) is 0 Å². The maximum absolute atomic E-state index is 12.8. The molecule has 0 spiro atoms. The molecule has 0 fully saturated rings. The first-order valence-corrected chi connectivity index (χ1v) is 6.59. The number of fused-ring (bicyclic) bond motifs is 4. The van der Waals surface area contributed by atoms with Crippen LogP contribution in [0.5, 0.6) is 0 Å². The van der Waals surface area contributed by atoms with Crippen LogP contribution in [-0.4, -0.2) is 0 Å². The molecule has 0 radical (unpaired) electrons. The summed E-state index contributed by atoms with van der Waals surface area (Å²) in [4.78, 5) is 12.8. The van der Waals surface area contributed by atoms with E-state index >= 15 is 0 Å². The van der Waals surface area contributed by atoms with Gasteiger partial charge in [-0.15, -0.1) is 0 Å². The Balaban J connectivity index is 2.36. The van der Waals surface area contributed by atoms with Crippen LogP contribution in [-0.2, 0) is 0 Å². The standard InChI is InChI=1S/C18H12O2/c1-11-5-4-7-13-12(11)9-10-16-17(13)18(19)14-6-2-3-8-15(14)20-16/h2-10H,1H3. The van der Waals surface area contributed by atoms with Gasteiger partial charge < -0.3 is 4.42 Å². The Kier molecular flexibility index (Phi) is 2.21. The second-order valence-corrected chi connectivity index (χ2v) is 5.04. The topological polar surface area (TPSA) is 30.2 Å². The van der Waals surface area contributed by atoms with Crippen LogP contribution in [0.2, 0.25) is 0 Å². The fraction of sp³-hybridized carbons (Fsp3) is 0.0556. The fourth-order valence-electron chi connectivity index (χ4n) is 2.81. The molecule has 2 heteroatoms. The highest BCUT2D eigenvalue weighted by molar-refractivity contribution is 6.08. The van der Waals surface area contributed by atoms with Crippen LogP contribution < -0.4 is 5.43 Å². The van der Waals surface area contributed by atoms with E-state index in [2.05, 4.69) is 13.0 Å². The second-order valence-electron chi connectivity index (χ2n) is 5.04. The van der Waals surface area contributed by atoms with Crippen molar-refractivity contribution in [3.63, 3.8) is 0 Å². The molecule has 0 aliphatic rings. The van der Waals surface area contributed by atoms with Gasteiger partial charge in [-0.3, -0.25) is 4.79 Å². The van der Waals surface area contributed by atoms with Gasteiger partial charge in [0.25, 0.3) is 0 Å². The van der Waals surface area contributed by atoms with Crippen LogP contribution >= 0.6 is 0 Å². The Morgan fingerprint density at radius 2 is 1.55 bits per heavy atom. The van der Waals surface area contributed by atoms with E-state index in [0.29, 0.717) is 21.9 Å². The predicted molar refractivity (Wildman–Crippen MR) is 82.2 cm³/mol. The SMILES string of the molecule is Cc1cccc2c1ccc1oc3ccccc3c(=O)c12. The van der Waals surface area contributed by atoms with Crippen LogP contribution in [0.25, 0.3) is 32.7 Å². The maximum atomic E-state index is 12.8. The first kappa shape index (κ1) is 11.2. The molecule has 0 aliphatic heterocycles. The summed E-state index contributed by atoms with van der Waals surface area (Å²) in [7, 11) is 0. The Bertz CT molecular complexity index is 1030. The minimum absolute atomic E-state index is 0.0399. The van der Waals surface area contributed by atoms with Crippen LogP contribution in [0, 0.1) is 6.92 Å². The summed E-state index contributed by atoms with van der Waals surface area (Å²) < 4.78 is 5.87. The van der Waals surface area contributed by atoms with E-state index < -0.39 is 0 Å². The van der Waals surface area contributed by atoms with E-state index in [9.17, 15) is 4.79 Å². The van der Waals surface area contributed by atoms with Gasteiger partial charge in [-0.25, -0.2) is 0 Å². The van der Waals surface area contributed by atoms with Crippen molar-refractivity contribution in [3.8, 4) is 0 Å². The molecule has 4 aromatic rings. The molecule has 0 amide bonds. The van der Waals surface area contributed by atoms with Gasteiger partial charge in [-0.1, -0.05) is 36.4 Å². The molecule has 0 aliphatic carbocycles. The fourth-order valence-corrected chi connectivity index (χ4v) is 2.81. The van der Waals surface area contributed by atoms with Crippen molar-refractivity contribution in [2.75, 3.05) is 0 Å². The monoisotopic (exact) mass is 260 g/mol. The van der Waals surface area contributed by atoms with E-state index in [0.717, 1.165) is 16.3 Å². The zero-order chi connectivity index (χ0) is 13.7. The summed E-state index contributed by atoms with van der Waals surface area (Å²) >= 11 is 0. The predicted octanol–water partition coefficient (Wildman–Crippen LogP) is 4.41. The molecule has 1 heterocycles. The highest BCUT2D eigenvalue weighted by Crippen LogP contribution is 2.27. The lowest BCUT2D eigenvalue weighted by Crippen LogP contribution is -2.02. The second kappa shape index (κ2) is 3.94. The number of benzene rings is 3. The average Bonchev–Trinajstić information content (AvgIpc) is 2.47. The Morgan fingerprint density at radius 1 is 0.750 bits per heavy atom. The van der Waals surface area contributed by atoms with Gasteiger partial charge in [-0.05, 0) is 41.5 Å². The zero-order valence-corrected chi connectivity index (χ0v) is 11.0. The maximum Gasteiger partial charge on any atom is 0.201 e. The molecular weight excluding hydrogens is 248 g/mol. The van der Waals surface area contributed by atoms with Crippen molar-refractivity contribution in [3.05, 3.63) is 70.4 Å². The Labute approximate surface area is 115 Å². The summed E-state index contributed by atoms with van der Waals surface area (Å²) in [5.74, 6) is 0. The number of aryl methyl sites for hydroxylation is 1. The molecule has 0 N–H and O–H groups in total. The number of hydrogen-bond donors (Lipinski definition) is 0. The van der Waals surface area contributed by atoms with E-state index in [4.69, 9.17) is 4.42 Å². The lowest BCUT2D eigenvalue weighted by atomic mass is 10.0. The van der Waals surface area contributed by atoms with Crippen molar-refractivity contribution < 1.29 is 4.42 Å². The van der Waals surface area contributed by atoms with Gasteiger partial charge in [0.05, 0.1) is 10.8 Å². The normalized spacial score (nSPS) is 11.4. The van der Waals surface area contributed by atoms with Crippen LogP contribution in [0.3, 0.4) is 0 Å². The van der Waals surface area contributed by atoms with E-state index in [1.54, 1.807) is 0 Å². The minimum atomic E-state index is 0.0399. The van der Waals surface area contributed by atoms with Gasteiger partial charge in [0.15, 0.2) is 0 Å². The number of hydrogen-bond acceptors (Lipinski definition) is 2. The molecule has 1 aromatic heterocycles. The molecule has 0 atom stereocenters. The largest absolute Gasteiger partial charge is 0.456 e. The third kappa shape index (κ3) is 1.42. The zero-order valence-electron chi connectivity index (χ0n) is 11.0. The highest BCUT2D eigenvalue weighted by Gasteiger charge is 2.10. The van der Waals surface area contributed by atoms with Gasteiger partial charge >= 0.3 is 0 Å². The van der Waals surface area contributed by atoms with Gasteiger partial charge in [0.1, 0.15) is 11.2 Å². The quantitative estimate of drug-likeness (QED) is 0.346. The molecule has 4 rings (SSSR count). The number of para-hydroxylation sites is 1. The van der Waals surface area contributed by atoms with Gasteiger partial charge in [-0.2, -0.15) is 0 Å². The van der Waals surface area contributed by atoms with Gasteiger partial charge in [0, 0.05) is 0 Å². The minimum Gasteiger partial charge on any atom is -0.456 e. The lowest BCUT2D eigenvalue weighted by molar-refractivity contribution is 0.660. The molecule has 0 saturated heterocycles. The molecule has 96 valence electrons. The summed E-state index contributed by atoms with van der Waals surface area (Å²) in [5.41, 5.74) is 2.49. The first-order chi connectivity index (χ1) is 9.75. The van der Waals surface area contributed by atoms with Crippen LogP contribution in [0.4, 0.5) is 0 Å². The third-order valence-electron chi connectivity index (χ3n) is 3.82. The van der Waals surface area contributed by atoms with E-state index in [1.807, 2.05) is 48.5 Å². The molecule has 3 aromatic carbocycles. The van der Waals surface area contributed by atoms with E-state index in [1.165, 1.54) is 0 Å². The molecular formula is C18H12O2. The third-order valence-corrected chi connectivity index (χ3v) is 3.82. The smallest absolute Gasteiger partial charge is 0.201 e. The Morgan fingerprint density at radius 3 is 2.45 bits per heavy atom. The molecule has 0 saturated carbocycles. The molecule has 20 heavy (non-hydrogen) atoms. The molecule has 2 nitrogen and oxygen atoms in total. The van der Waals surface area contributed by atoms with E-state index in [-0.39, 0.29) is 5.43 Å². The summed E-state index contributed by atoms with van der Waals surface area (Å²) in [5, 5.41) is 3.36. The van der Waals surface area contributed by atoms with Crippen molar-refractivity contribution in [2.45, 2.75) is 6.92 Å². The van der Waals surface area contributed by atoms with Crippen molar-refractivity contribution in [1.29, 1.82) is 0 Å². The summed E-state index contributed by atoms with van der Waals surface area (Å²) in [6.07, 6.45) is 0. The number of rotatable bonds is 0. The van der Waals surface area contributed by atoms with Crippen molar-refractivity contribution in [2.24, 2.45) is 0 Å². The van der Waals surface area contributed by atoms with Crippen LogP contribution in [0.15, 0.2) is 63.8 Å². The molecule has 0 bridgehead atoms. The highest BCUT2D eigenvalue weighted by atomic mass is 16.3. The van der Waals surface area contributed by atoms with Crippen LogP contribution in [0.1, 0.15) is 5.56 Å². The van der Waals surface area contributed by atoms with Gasteiger partial charge in [0.2, 0.25) is 5.43 Å². The summed E-state index contributed by atoms with van der Waals surface area (Å²) in [6.45, 7) is 2.05. The summed E-state index contributed by atoms with van der Waals surface area (Å²) in [6, 6.07) is 17.3. The lowest BCUT2D eigenvalue weighted by Gasteiger charge is -2.06. The molecule has 0 unspecified atom stereocenters. The Hall–Kier alpha value is -2.61. The first-order valence-electron chi connectivity index (χ1n) is 6.59.